The van der Waals surface area contributed by atoms with E-state index in [2.05, 4.69) is 27.2 Å². The van der Waals surface area contributed by atoms with Crippen molar-refractivity contribution < 1.29 is 4.42 Å². The Hall–Kier alpha value is -2.50. The number of furan rings is 1. The first-order valence-electron chi connectivity index (χ1n) is 5.52. The summed E-state index contributed by atoms with van der Waals surface area (Å²) in [7, 11) is 0. The Morgan fingerprint density at radius 2 is 2.11 bits per heavy atom. The fourth-order valence-corrected chi connectivity index (χ4v) is 1.43. The molecule has 0 amide bonds. The van der Waals surface area contributed by atoms with Crippen LogP contribution in [0.2, 0.25) is 0 Å². The fraction of sp³-hybridized carbons (Fsp3) is 0.167. The molecule has 0 aliphatic rings. The summed E-state index contributed by atoms with van der Waals surface area (Å²) in [6.45, 7) is 4.74. The van der Waals surface area contributed by atoms with E-state index in [0.29, 0.717) is 30.4 Å². The van der Waals surface area contributed by atoms with Crippen LogP contribution in [0.15, 0.2) is 41.8 Å². The highest BCUT2D eigenvalue weighted by Gasteiger charge is 2.07. The first-order chi connectivity index (χ1) is 8.81. The first kappa shape index (κ1) is 12.0. The lowest BCUT2D eigenvalue weighted by Gasteiger charge is -2.10. The molecular formula is C12H15N5O. The SMILES string of the molecule is C=CCNc1ncnc(NCc2ccco2)c1N. The van der Waals surface area contributed by atoms with Crippen LogP contribution in [0.5, 0.6) is 0 Å². The Labute approximate surface area is 105 Å². The van der Waals surface area contributed by atoms with Crippen molar-refractivity contribution in [2.45, 2.75) is 6.54 Å². The molecular weight excluding hydrogens is 230 g/mol. The van der Waals surface area contributed by atoms with Crippen molar-refractivity contribution in [1.82, 2.24) is 9.97 Å². The van der Waals surface area contributed by atoms with Crippen LogP contribution >= 0.6 is 0 Å². The van der Waals surface area contributed by atoms with Gasteiger partial charge in [-0.25, -0.2) is 9.97 Å². The molecule has 0 saturated heterocycles. The van der Waals surface area contributed by atoms with E-state index in [-0.39, 0.29) is 0 Å². The van der Waals surface area contributed by atoms with Gasteiger partial charge in [-0.3, -0.25) is 0 Å². The van der Waals surface area contributed by atoms with Crippen LogP contribution in [0.4, 0.5) is 17.3 Å². The van der Waals surface area contributed by atoms with Crippen LogP contribution in [0, 0.1) is 0 Å². The minimum absolute atomic E-state index is 0.478. The first-order valence-corrected chi connectivity index (χ1v) is 5.52. The molecule has 6 heteroatoms. The normalized spacial score (nSPS) is 10.0. The van der Waals surface area contributed by atoms with E-state index >= 15 is 0 Å². The molecule has 2 heterocycles. The van der Waals surface area contributed by atoms with Gasteiger partial charge in [-0.2, -0.15) is 0 Å². The van der Waals surface area contributed by atoms with E-state index in [0.717, 1.165) is 5.76 Å². The lowest BCUT2D eigenvalue weighted by molar-refractivity contribution is 0.518. The summed E-state index contributed by atoms with van der Waals surface area (Å²) in [6, 6.07) is 3.71. The van der Waals surface area contributed by atoms with Crippen LogP contribution < -0.4 is 16.4 Å². The molecule has 0 aliphatic carbocycles. The Balaban J connectivity index is 2.05. The van der Waals surface area contributed by atoms with Gasteiger partial charge in [0.15, 0.2) is 11.6 Å². The van der Waals surface area contributed by atoms with E-state index in [1.54, 1.807) is 12.3 Å². The zero-order chi connectivity index (χ0) is 12.8. The van der Waals surface area contributed by atoms with Crippen molar-refractivity contribution in [2.24, 2.45) is 0 Å². The van der Waals surface area contributed by atoms with Crippen molar-refractivity contribution in [2.75, 3.05) is 22.9 Å². The molecule has 0 unspecified atom stereocenters. The molecule has 0 spiro atoms. The molecule has 0 aliphatic heterocycles. The quantitative estimate of drug-likeness (QED) is 0.673. The predicted molar refractivity (Wildman–Crippen MR) is 71.2 cm³/mol. The van der Waals surface area contributed by atoms with Crippen molar-refractivity contribution in [3.63, 3.8) is 0 Å². The van der Waals surface area contributed by atoms with Gasteiger partial charge in [0.2, 0.25) is 0 Å². The maximum Gasteiger partial charge on any atom is 0.155 e. The van der Waals surface area contributed by atoms with Crippen LogP contribution in [0.25, 0.3) is 0 Å². The molecule has 0 fully saturated rings. The van der Waals surface area contributed by atoms with Crippen molar-refractivity contribution >= 4 is 17.3 Å². The molecule has 0 saturated carbocycles. The molecule has 2 rings (SSSR count). The average molecular weight is 245 g/mol. The number of hydrogen-bond acceptors (Lipinski definition) is 6. The van der Waals surface area contributed by atoms with Gasteiger partial charge >= 0.3 is 0 Å². The minimum Gasteiger partial charge on any atom is -0.467 e. The molecule has 0 bridgehead atoms. The van der Waals surface area contributed by atoms with Crippen LogP contribution in [0.3, 0.4) is 0 Å². The summed E-state index contributed by atoms with van der Waals surface area (Å²) in [6.07, 6.45) is 4.81. The number of nitrogens with zero attached hydrogens (tertiary/aromatic N) is 2. The summed E-state index contributed by atoms with van der Waals surface area (Å²) >= 11 is 0. The third-order valence-electron chi connectivity index (χ3n) is 2.31. The van der Waals surface area contributed by atoms with E-state index in [1.807, 2.05) is 12.1 Å². The van der Waals surface area contributed by atoms with Crippen LogP contribution in [-0.2, 0) is 6.54 Å². The Morgan fingerprint density at radius 3 is 2.78 bits per heavy atom. The number of nitrogens with two attached hydrogens (primary N) is 1. The number of aromatic nitrogens is 2. The lowest BCUT2D eigenvalue weighted by Crippen LogP contribution is -2.09. The van der Waals surface area contributed by atoms with Gasteiger partial charge < -0.3 is 20.8 Å². The molecule has 6 nitrogen and oxygen atoms in total. The standard InChI is InChI=1S/C12H15N5O/c1-2-5-14-11-10(13)12(17-8-16-11)15-7-9-4-3-6-18-9/h2-4,6,8H,1,5,7,13H2,(H2,14,15,16,17). The second-order valence-corrected chi connectivity index (χ2v) is 3.59. The molecule has 0 radical (unpaired) electrons. The zero-order valence-corrected chi connectivity index (χ0v) is 9.89. The molecule has 4 N–H and O–H groups in total. The van der Waals surface area contributed by atoms with E-state index in [4.69, 9.17) is 10.2 Å². The van der Waals surface area contributed by atoms with E-state index in [1.165, 1.54) is 6.33 Å². The lowest BCUT2D eigenvalue weighted by atomic mass is 10.4. The second-order valence-electron chi connectivity index (χ2n) is 3.59. The van der Waals surface area contributed by atoms with Gasteiger partial charge in [-0.1, -0.05) is 6.08 Å². The maximum atomic E-state index is 5.95. The monoisotopic (exact) mass is 245 g/mol. The highest BCUT2D eigenvalue weighted by atomic mass is 16.3. The van der Waals surface area contributed by atoms with E-state index in [9.17, 15) is 0 Å². The maximum absolute atomic E-state index is 5.95. The third kappa shape index (κ3) is 2.79. The van der Waals surface area contributed by atoms with E-state index < -0.39 is 0 Å². The molecule has 2 aromatic heterocycles. The summed E-state index contributed by atoms with van der Waals surface area (Å²) in [4.78, 5) is 8.15. The number of nitrogen functional groups attached to an aromatic ring is 1. The number of nitrogens with one attached hydrogen (secondary N) is 2. The van der Waals surface area contributed by atoms with Gasteiger partial charge in [-0.15, -0.1) is 6.58 Å². The van der Waals surface area contributed by atoms with Crippen molar-refractivity contribution in [1.29, 1.82) is 0 Å². The largest absolute Gasteiger partial charge is 0.467 e. The van der Waals surface area contributed by atoms with Gasteiger partial charge in [0.25, 0.3) is 0 Å². The summed E-state index contributed by atoms with van der Waals surface area (Å²) < 4.78 is 5.21. The summed E-state index contributed by atoms with van der Waals surface area (Å²) in [5, 5.41) is 6.14. The summed E-state index contributed by atoms with van der Waals surface area (Å²) in [5.41, 5.74) is 6.43. The fourth-order valence-electron chi connectivity index (χ4n) is 1.43. The number of hydrogen-bond donors (Lipinski definition) is 3. The second kappa shape index (κ2) is 5.72. The molecule has 2 aromatic rings. The highest BCUT2D eigenvalue weighted by Crippen LogP contribution is 2.22. The molecule has 18 heavy (non-hydrogen) atoms. The zero-order valence-electron chi connectivity index (χ0n) is 9.89. The third-order valence-corrected chi connectivity index (χ3v) is 2.31. The predicted octanol–water partition coefficient (Wildman–Crippen LogP) is 1.86. The Morgan fingerprint density at radius 1 is 1.33 bits per heavy atom. The molecule has 94 valence electrons. The van der Waals surface area contributed by atoms with Crippen LogP contribution in [-0.4, -0.2) is 16.5 Å². The average Bonchev–Trinajstić information content (AvgIpc) is 2.89. The van der Waals surface area contributed by atoms with Gasteiger partial charge in [0.1, 0.15) is 17.8 Å². The topological polar surface area (TPSA) is 89.0 Å². The minimum atomic E-state index is 0.478. The molecule has 0 aromatic carbocycles. The Bertz CT molecular complexity index is 509. The van der Waals surface area contributed by atoms with Crippen molar-refractivity contribution in [3.05, 3.63) is 43.1 Å². The number of rotatable bonds is 6. The van der Waals surface area contributed by atoms with Gasteiger partial charge in [-0.05, 0) is 12.1 Å². The van der Waals surface area contributed by atoms with Crippen molar-refractivity contribution in [3.8, 4) is 0 Å². The summed E-state index contributed by atoms with van der Waals surface area (Å²) in [5.74, 6) is 1.98. The number of anilines is 3. The molecule has 0 atom stereocenters. The Kier molecular flexibility index (Phi) is 3.80. The highest BCUT2D eigenvalue weighted by molar-refractivity contribution is 5.73. The van der Waals surface area contributed by atoms with Crippen LogP contribution in [0.1, 0.15) is 5.76 Å². The van der Waals surface area contributed by atoms with Gasteiger partial charge in [0, 0.05) is 6.54 Å². The van der Waals surface area contributed by atoms with Gasteiger partial charge in [0.05, 0.1) is 12.8 Å². The smallest absolute Gasteiger partial charge is 0.155 e.